The molecule has 162 valence electrons. The van der Waals surface area contributed by atoms with Gasteiger partial charge in [-0.05, 0) is 36.6 Å². The SMILES string of the molecule is CN1C(=O)N(CC(=O)Nc2nc(-c3ccc4c(c3)CCO4)cs2)C(=O)C12CCCCC2. The van der Waals surface area contributed by atoms with E-state index in [-0.39, 0.29) is 12.5 Å². The molecule has 8 nitrogen and oxygen atoms in total. The molecule has 3 heterocycles. The Morgan fingerprint density at radius 2 is 2.06 bits per heavy atom. The quantitative estimate of drug-likeness (QED) is 0.737. The lowest BCUT2D eigenvalue weighted by Crippen LogP contribution is -2.49. The average Bonchev–Trinajstić information content (AvgIpc) is 3.48. The third-order valence-electron chi connectivity index (χ3n) is 6.52. The van der Waals surface area contributed by atoms with E-state index in [2.05, 4.69) is 16.4 Å². The number of rotatable bonds is 4. The first-order chi connectivity index (χ1) is 15.0. The van der Waals surface area contributed by atoms with Crippen LogP contribution in [0.5, 0.6) is 5.75 Å². The fourth-order valence-corrected chi connectivity index (χ4v) is 5.52. The highest BCUT2D eigenvalue weighted by Crippen LogP contribution is 2.39. The van der Waals surface area contributed by atoms with Gasteiger partial charge in [-0.2, -0.15) is 0 Å². The summed E-state index contributed by atoms with van der Waals surface area (Å²) < 4.78 is 5.54. The highest BCUT2D eigenvalue weighted by molar-refractivity contribution is 7.14. The fourth-order valence-electron chi connectivity index (χ4n) is 4.78. The molecular formula is C22H24N4O4S. The molecule has 1 saturated carbocycles. The molecule has 4 amide bonds. The summed E-state index contributed by atoms with van der Waals surface area (Å²) in [5.74, 6) is 0.231. The topological polar surface area (TPSA) is 91.8 Å². The lowest BCUT2D eigenvalue weighted by molar-refractivity contribution is -0.136. The van der Waals surface area contributed by atoms with Crippen LogP contribution in [0.25, 0.3) is 11.3 Å². The number of nitrogens with zero attached hydrogens (tertiary/aromatic N) is 3. The molecule has 0 radical (unpaired) electrons. The first-order valence-electron chi connectivity index (χ1n) is 10.6. The van der Waals surface area contributed by atoms with Gasteiger partial charge in [-0.15, -0.1) is 11.3 Å². The van der Waals surface area contributed by atoms with Gasteiger partial charge in [0, 0.05) is 24.4 Å². The van der Waals surface area contributed by atoms with Crippen molar-refractivity contribution >= 4 is 34.3 Å². The standard InChI is InChI=1S/C22H24N4O4S/c1-25-21(29)26(19(28)22(25)8-3-2-4-9-22)12-18(27)24-20-23-16(13-31-20)14-5-6-17-15(11-14)7-10-30-17/h5-6,11,13H,2-4,7-10,12H2,1H3,(H,23,24,27). The predicted molar refractivity (Wildman–Crippen MR) is 116 cm³/mol. The molecule has 1 N–H and O–H groups in total. The Morgan fingerprint density at radius 1 is 1.26 bits per heavy atom. The molecule has 1 spiro atoms. The third-order valence-corrected chi connectivity index (χ3v) is 7.28. The van der Waals surface area contributed by atoms with Gasteiger partial charge in [0.1, 0.15) is 17.8 Å². The second-order valence-electron chi connectivity index (χ2n) is 8.33. The van der Waals surface area contributed by atoms with Crippen molar-refractivity contribution in [3.8, 4) is 17.0 Å². The van der Waals surface area contributed by atoms with Crippen LogP contribution in [0.15, 0.2) is 23.6 Å². The number of likely N-dealkylation sites (N-methyl/N-ethyl adjacent to an activating group) is 1. The second-order valence-corrected chi connectivity index (χ2v) is 9.19. The van der Waals surface area contributed by atoms with E-state index in [1.165, 1.54) is 16.2 Å². The fraction of sp³-hybridized carbons (Fsp3) is 0.455. The number of carbonyl (C=O) groups is 3. The van der Waals surface area contributed by atoms with Crippen molar-refractivity contribution in [2.24, 2.45) is 0 Å². The summed E-state index contributed by atoms with van der Waals surface area (Å²) in [7, 11) is 1.66. The van der Waals surface area contributed by atoms with Crippen LogP contribution in [-0.4, -0.2) is 58.4 Å². The maximum Gasteiger partial charge on any atom is 0.327 e. The molecule has 0 atom stereocenters. The van der Waals surface area contributed by atoms with Gasteiger partial charge in [-0.3, -0.25) is 14.5 Å². The molecule has 31 heavy (non-hydrogen) atoms. The van der Waals surface area contributed by atoms with Crippen LogP contribution in [0.4, 0.5) is 9.93 Å². The molecule has 5 rings (SSSR count). The minimum absolute atomic E-state index is 0.255. The van der Waals surface area contributed by atoms with E-state index in [1.807, 2.05) is 17.5 Å². The molecule has 9 heteroatoms. The van der Waals surface area contributed by atoms with E-state index >= 15 is 0 Å². The van der Waals surface area contributed by atoms with Crippen molar-refractivity contribution in [1.82, 2.24) is 14.8 Å². The van der Waals surface area contributed by atoms with Crippen molar-refractivity contribution in [3.05, 3.63) is 29.1 Å². The van der Waals surface area contributed by atoms with Gasteiger partial charge >= 0.3 is 6.03 Å². The molecule has 2 aliphatic heterocycles. The smallest absolute Gasteiger partial charge is 0.327 e. The lowest BCUT2D eigenvalue weighted by atomic mass is 9.81. The van der Waals surface area contributed by atoms with Crippen molar-refractivity contribution in [2.75, 3.05) is 25.5 Å². The predicted octanol–water partition coefficient (Wildman–Crippen LogP) is 3.28. The van der Waals surface area contributed by atoms with Gasteiger partial charge < -0.3 is 15.0 Å². The number of anilines is 1. The number of thiazole rings is 1. The number of aromatic nitrogens is 1. The van der Waals surface area contributed by atoms with Gasteiger partial charge in [0.2, 0.25) is 5.91 Å². The Bertz CT molecular complexity index is 1060. The minimum atomic E-state index is -0.777. The number of benzene rings is 1. The van der Waals surface area contributed by atoms with Crippen molar-refractivity contribution in [2.45, 2.75) is 44.1 Å². The van der Waals surface area contributed by atoms with Crippen LogP contribution < -0.4 is 10.1 Å². The van der Waals surface area contributed by atoms with Gasteiger partial charge in [0.05, 0.1) is 12.3 Å². The minimum Gasteiger partial charge on any atom is -0.493 e. The first kappa shape index (κ1) is 20.0. The maximum atomic E-state index is 13.0. The van der Waals surface area contributed by atoms with Crippen LogP contribution in [0, 0.1) is 0 Å². The molecule has 1 aliphatic carbocycles. The zero-order valence-corrected chi connectivity index (χ0v) is 18.2. The van der Waals surface area contributed by atoms with Crippen molar-refractivity contribution in [1.29, 1.82) is 0 Å². The van der Waals surface area contributed by atoms with Crippen LogP contribution in [0.2, 0.25) is 0 Å². The largest absolute Gasteiger partial charge is 0.493 e. The highest BCUT2D eigenvalue weighted by atomic mass is 32.1. The van der Waals surface area contributed by atoms with E-state index in [4.69, 9.17) is 4.74 Å². The van der Waals surface area contributed by atoms with Crippen LogP contribution in [-0.2, 0) is 16.0 Å². The first-order valence-corrected chi connectivity index (χ1v) is 11.5. The van der Waals surface area contributed by atoms with E-state index in [0.29, 0.717) is 24.6 Å². The Balaban J connectivity index is 1.26. The average molecular weight is 441 g/mol. The summed E-state index contributed by atoms with van der Waals surface area (Å²) in [5, 5.41) is 5.06. The summed E-state index contributed by atoms with van der Waals surface area (Å²) in [6, 6.07) is 5.55. The van der Waals surface area contributed by atoms with Crippen LogP contribution in [0.1, 0.15) is 37.7 Å². The van der Waals surface area contributed by atoms with Crippen molar-refractivity contribution < 1.29 is 19.1 Å². The summed E-state index contributed by atoms with van der Waals surface area (Å²) in [5.41, 5.74) is 2.11. The number of fused-ring (bicyclic) bond motifs is 1. The molecule has 2 aromatic rings. The number of imide groups is 1. The highest BCUT2D eigenvalue weighted by Gasteiger charge is 2.55. The maximum absolute atomic E-state index is 13.0. The van der Waals surface area contributed by atoms with Crippen molar-refractivity contribution in [3.63, 3.8) is 0 Å². The number of hydrogen-bond acceptors (Lipinski definition) is 6. The van der Waals surface area contributed by atoms with E-state index < -0.39 is 17.5 Å². The third kappa shape index (κ3) is 3.37. The van der Waals surface area contributed by atoms with Gasteiger partial charge in [0.15, 0.2) is 5.13 Å². The Morgan fingerprint density at radius 3 is 2.87 bits per heavy atom. The number of ether oxygens (including phenoxy) is 1. The molecule has 0 bridgehead atoms. The van der Waals surface area contributed by atoms with Gasteiger partial charge in [-0.25, -0.2) is 9.78 Å². The summed E-state index contributed by atoms with van der Waals surface area (Å²) in [6.07, 6.45) is 5.10. The van der Waals surface area contributed by atoms with Gasteiger partial charge in [0.25, 0.3) is 5.91 Å². The van der Waals surface area contributed by atoms with Crippen LogP contribution >= 0.6 is 11.3 Å². The number of hydrogen-bond donors (Lipinski definition) is 1. The van der Waals surface area contributed by atoms with E-state index in [9.17, 15) is 14.4 Å². The van der Waals surface area contributed by atoms with Gasteiger partial charge in [-0.1, -0.05) is 19.3 Å². The molecular weight excluding hydrogens is 416 g/mol. The second kappa shape index (κ2) is 7.64. The zero-order valence-electron chi connectivity index (χ0n) is 17.3. The molecule has 3 aliphatic rings. The Kier molecular flexibility index (Phi) is 4.92. The molecule has 2 fully saturated rings. The number of amides is 4. The number of carbonyl (C=O) groups excluding carboxylic acids is 3. The summed E-state index contributed by atoms with van der Waals surface area (Å²) in [6.45, 7) is 0.399. The molecule has 0 unspecified atom stereocenters. The normalized spacial score (nSPS) is 19.6. The summed E-state index contributed by atoms with van der Waals surface area (Å²) in [4.78, 5) is 45.4. The Hall–Kier alpha value is -2.94. The van der Waals surface area contributed by atoms with Crippen LogP contribution in [0.3, 0.4) is 0 Å². The molecule has 1 saturated heterocycles. The zero-order chi connectivity index (χ0) is 21.6. The molecule has 1 aromatic heterocycles. The Labute approximate surface area is 184 Å². The number of nitrogens with one attached hydrogen (secondary N) is 1. The van der Waals surface area contributed by atoms with E-state index in [0.717, 1.165) is 53.2 Å². The molecule has 1 aromatic carbocycles. The monoisotopic (exact) mass is 440 g/mol. The number of urea groups is 1. The lowest BCUT2D eigenvalue weighted by Gasteiger charge is -2.35. The van der Waals surface area contributed by atoms with E-state index in [1.54, 1.807) is 7.05 Å². The summed E-state index contributed by atoms with van der Waals surface area (Å²) >= 11 is 1.31.